The van der Waals surface area contributed by atoms with Crippen molar-refractivity contribution in [1.29, 1.82) is 0 Å². The molecule has 2 rings (SSSR count). The fraction of sp³-hybridized carbons (Fsp3) is 0.643. The zero-order valence-electron chi connectivity index (χ0n) is 11.5. The van der Waals surface area contributed by atoms with Crippen LogP contribution in [-0.2, 0) is 6.54 Å². The van der Waals surface area contributed by atoms with Crippen LogP contribution >= 0.6 is 0 Å². The highest BCUT2D eigenvalue weighted by atomic mass is 16.3. The highest BCUT2D eigenvalue weighted by molar-refractivity contribution is 5.48. The van der Waals surface area contributed by atoms with Crippen molar-refractivity contribution in [1.82, 2.24) is 10.3 Å². The van der Waals surface area contributed by atoms with Gasteiger partial charge in [0.05, 0.1) is 12.1 Å². The lowest BCUT2D eigenvalue weighted by molar-refractivity contribution is 0.215. The lowest BCUT2D eigenvalue weighted by Crippen LogP contribution is -2.45. The smallest absolute Gasteiger partial charge is 0.133 e. The molecular formula is C14H23N3O. The first kappa shape index (κ1) is 13.3. The summed E-state index contributed by atoms with van der Waals surface area (Å²) in [6, 6.07) is 4.75. The van der Waals surface area contributed by atoms with Gasteiger partial charge in [-0.25, -0.2) is 4.98 Å². The van der Waals surface area contributed by atoms with Crippen molar-refractivity contribution in [2.75, 3.05) is 18.6 Å². The molecule has 0 saturated heterocycles. The minimum Gasteiger partial charge on any atom is -0.394 e. The molecule has 18 heavy (non-hydrogen) atoms. The normalized spacial score (nSPS) is 15.8. The van der Waals surface area contributed by atoms with Crippen molar-refractivity contribution in [3.8, 4) is 0 Å². The number of hydrogen-bond acceptors (Lipinski definition) is 4. The number of nitrogens with one attached hydrogen (secondary N) is 1. The summed E-state index contributed by atoms with van der Waals surface area (Å²) in [6.45, 7) is 4.98. The highest BCUT2D eigenvalue weighted by Gasteiger charge is 2.26. The topological polar surface area (TPSA) is 48.4 Å². The predicted molar refractivity (Wildman–Crippen MR) is 73.7 cm³/mol. The first-order valence-electron chi connectivity index (χ1n) is 6.56. The van der Waals surface area contributed by atoms with E-state index in [0.717, 1.165) is 12.4 Å². The summed E-state index contributed by atoms with van der Waals surface area (Å²) in [6.07, 6.45) is 4.38. The van der Waals surface area contributed by atoms with Crippen LogP contribution in [0.25, 0.3) is 0 Å². The number of likely N-dealkylation sites (N-methyl/N-ethyl adjacent to an activating group) is 1. The van der Waals surface area contributed by atoms with Gasteiger partial charge in [-0.3, -0.25) is 0 Å². The first-order chi connectivity index (χ1) is 8.54. The Bertz CT molecular complexity index is 402. The fourth-order valence-electron chi connectivity index (χ4n) is 1.80. The fourth-order valence-corrected chi connectivity index (χ4v) is 1.80. The third-order valence-electron chi connectivity index (χ3n) is 3.64. The molecule has 0 aromatic carbocycles. The van der Waals surface area contributed by atoms with Crippen LogP contribution in [0.3, 0.4) is 0 Å². The molecule has 1 aliphatic rings. The summed E-state index contributed by atoms with van der Waals surface area (Å²) in [5, 5.41) is 13.0. The SMILES string of the molecule is CN(c1ncccc1CNC1CC1)C(C)(C)CO. The summed E-state index contributed by atoms with van der Waals surface area (Å²) >= 11 is 0. The molecule has 1 fully saturated rings. The molecule has 0 atom stereocenters. The molecule has 0 amide bonds. The molecule has 4 nitrogen and oxygen atoms in total. The molecule has 4 heteroatoms. The van der Waals surface area contributed by atoms with Crippen molar-refractivity contribution in [2.24, 2.45) is 0 Å². The van der Waals surface area contributed by atoms with Crippen LogP contribution in [0.15, 0.2) is 18.3 Å². The Morgan fingerprint density at radius 2 is 2.22 bits per heavy atom. The molecule has 0 bridgehead atoms. The van der Waals surface area contributed by atoms with Gasteiger partial charge in [-0.15, -0.1) is 0 Å². The second-order valence-corrected chi connectivity index (χ2v) is 5.67. The predicted octanol–water partition coefficient (Wildman–Crippen LogP) is 1.54. The van der Waals surface area contributed by atoms with Gasteiger partial charge >= 0.3 is 0 Å². The Morgan fingerprint density at radius 3 is 2.83 bits per heavy atom. The number of pyridine rings is 1. The maximum Gasteiger partial charge on any atom is 0.133 e. The van der Waals surface area contributed by atoms with Crippen molar-refractivity contribution < 1.29 is 5.11 Å². The van der Waals surface area contributed by atoms with E-state index in [1.807, 2.05) is 27.0 Å². The van der Waals surface area contributed by atoms with Gasteiger partial charge in [-0.05, 0) is 32.8 Å². The number of aliphatic hydroxyl groups excluding tert-OH is 1. The van der Waals surface area contributed by atoms with Crippen LogP contribution in [0, 0.1) is 0 Å². The van der Waals surface area contributed by atoms with Crippen LogP contribution < -0.4 is 10.2 Å². The lowest BCUT2D eigenvalue weighted by atomic mass is 10.0. The van der Waals surface area contributed by atoms with Crippen molar-refractivity contribution in [2.45, 2.75) is 44.8 Å². The molecule has 100 valence electrons. The van der Waals surface area contributed by atoms with E-state index >= 15 is 0 Å². The average Bonchev–Trinajstić information content (AvgIpc) is 3.20. The van der Waals surface area contributed by atoms with E-state index < -0.39 is 0 Å². The van der Waals surface area contributed by atoms with Crippen molar-refractivity contribution in [3.63, 3.8) is 0 Å². The standard InChI is InChI=1S/C14H23N3O/c1-14(2,10-18)17(3)13-11(5-4-8-15-13)9-16-12-6-7-12/h4-5,8,12,16,18H,6-7,9-10H2,1-3H3. The van der Waals surface area contributed by atoms with Crippen LogP contribution in [0.5, 0.6) is 0 Å². The highest BCUT2D eigenvalue weighted by Crippen LogP contribution is 2.25. The van der Waals surface area contributed by atoms with E-state index in [4.69, 9.17) is 0 Å². The van der Waals surface area contributed by atoms with Crippen molar-refractivity contribution >= 4 is 5.82 Å². The zero-order chi connectivity index (χ0) is 13.2. The van der Waals surface area contributed by atoms with Gasteiger partial charge in [0.1, 0.15) is 5.82 Å². The van der Waals surface area contributed by atoms with E-state index in [0.29, 0.717) is 6.04 Å². The van der Waals surface area contributed by atoms with Gasteiger partial charge in [0, 0.05) is 31.4 Å². The van der Waals surface area contributed by atoms with Gasteiger partial charge in [0.25, 0.3) is 0 Å². The quantitative estimate of drug-likeness (QED) is 0.803. The molecule has 0 radical (unpaired) electrons. The number of aliphatic hydroxyl groups is 1. The van der Waals surface area contributed by atoms with Crippen LogP contribution in [0.1, 0.15) is 32.3 Å². The Hall–Kier alpha value is -1.13. The molecule has 1 heterocycles. The number of aromatic nitrogens is 1. The van der Waals surface area contributed by atoms with Crippen LogP contribution in [-0.4, -0.2) is 35.3 Å². The van der Waals surface area contributed by atoms with Crippen LogP contribution in [0.2, 0.25) is 0 Å². The molecule has 1 saturated carbocycles. The van der Waals surface area contributed by atoms with E-state index in [-0.39, 0.29) is 12.1 Å². The molecule has 1 aromatic rings. The minimum absolute atomic E-state index is 0.107. The summed E-state index contributed by atoms with van der Waals surface area (Å²) in [7, 11) is 1.99. The monoisotopic (exact) mass is 249 g/mol. The molecule has 1 aliphatic carbocycles. The number of nitrogens with zero attached hydrogens (tertiary/aromatic N) is 2. The second kappa shape index (κ2) is 5.24. The number of anilines is 1. The Labute approximate surface area is 109 Å². The third kappa shape index (κ3) is 3.00. The molecule has 0 unspecified atom stereocenters. The summed E-state index contributed by atoms with van der Waals surface area (Å²) < 4.78 is 0. The Kier molecular flexibility index (Phi) is 3.88. The van der Waals surface area contributed by atoms with Gasteiger partial charge in [-0.1, -0.05) is 6.07 Å². The van der Waals surface area contributed by atoms with Gasteiger partial charge in [-0.2, -0.15) is 0 Å². The van der Waals surface area contributed by atoms with E-state index in [2.05, 4.69) is 21.3 Å². The van der Waals surface area contributed by atoms with E-state index in [1.165, 1.54) is 18.4 Å². The molecular weight excluding hydrogens is 226 g/mol. The van der Waals surface area contributed by atoms with Gasteiger partial charge in [0.15, 0.2) is 0 Å². The van der Waals surface area contributed by atoms with Crippen LogP contribution in [0.4, 0.5) is 5.82 Å². The minimum atomic E-state index is -0.303. The zero-order valence-corrected chi connectivity index (χ0v) is 11.5. The Balaban J connectivity index is 2.14. The first-order valence-corrected chi connectivity index (χ1v) is 6.56. The van der Waals surface area contributed by atoms with Crippen molar-refractivity contribution in [3.05, 3.63) is 23.9 Å². The van der Waals surface area contributed by atoms with Gasteiger partial charge in [0.2, 0.25) is 0 Å². The Morgan fingerprint density at radius 1 is 1.50 bits per heavy atom. The second-order valence-electron chi connectivity index (χ2n) is 5.67. The van der Waals surface area contributed by atoms with E-state index in [9.17, 15) is 5.11 Å². The summed E-state index contributed by atoms with van der Waals surface area (Å²) in [5.74, 6) is 0.949. The lowest BCUT2D eigenvalue weighted by Gasteiger charge is -2.36. The largest absolute Gasteiger partial charge is 0.394 e. The number of rotatable bonds is 6. The third-order valence-corrected chi connectivity index (χ3v) is 3.64. The number of hydrogen-bond donors (Lipinski definition) is 2. The maximum atomic E-state index is 9.46. The molecule has 0 spiro atoms. The average molecular weight is 249 g/mol. The molecule has 1 aromatic heterocycles. The molecule has 2 N–H and O–H groups in total. The summed E-state index contributed by atoms with van der Waals surface area (Å²) in [4.78, 5) is 6.52. The summed E-state index contributed by atoms with van der Waals surface area (Å²) in [5.41, 5.74) is 0.885. The maximum absolute atomic E-state index is 9.46. The van der Waals surface area contributed by atoms with Gasteiger partial charge < -0.3 is 15.3 Å². The molecule has 0 aliphatic heterocycles. The van der Waals surface area contributed by atoms with E-state index in [1.54, 1.807) is 6.20 Å².